The van der Waals surface area contributed by atoms with Crippen molar-refractivity contribution in [1.82, 2.24) is 9.88 Å². The summed E-state index contributed by atoms with van der Waals surface area (Å²) in [6, 6.07) is 10.3. The van der Waals surface area contributed by atoms with Gasteiger partial charge >= 0.3 is 0 Å². The first-order valence-corrected chi connectivity index (χ1v) is 8.58. The maximum absolute atomic E-state index is 5.58. The van der Waals surface area contributed by atoms with Crippen LogP contribution in [0.25, 0.3) is 0 Å². The second kappa shape index (κ2) is 8.32. The molecule has 0 aliphatic carbocycles. The Morgan fingerprint density at radius 2 is 1.84 bits per heavy atom. The number of likely N-dealkylation sites (tertiary alicyclic amines) is 1. The van der Waals surface area contributed by atoms with Crippen LogP contribution >= 0.6 is 0 Å². The average molecular weight is 342 g/mol. The topological polar surface area (TPSA) is 43.8 Å². The molecule has 0 saturated carbocycles. The number of ether oxygens (including phenoxy) is 3. The molecule has 0 bridgehead atoms. The number of benzene rings is 1. The Bertz CT molecular complexity index is 678. The molecule has 2 aromatic rings. The third kappa shape index (κ3) is 3.94. The van der Waals surface area contributed by atoms with Gasteiger partial charge in [0.15, 0.2) is 11.5 Å². The quantitative estimate of drug-likeness (QED) is 0.774. The highest BCUT2D eigenvalue weighted by Gasteiger charge is 2.34. The van der Waals surface area contributed by atoms with Crippen LogP contribution in [-0.2, 0) is 11.3 Å². The van der Waals surface area contributed by atoms with Gasteiger partial charge in [-0.15, -0.1) is 0 Å². The number of pyridine rings is 1. The molecular formula is C20H26N2O3. The molecule has 134 valence electrons. The second-order valence-corrected chi connectivity index (χ2v) is 6.45. The van der Waals surface area contributed by atoms with Gasteiger partial charge < -0.3 is 14.2 Å². The number of hydrogen-bond donors (Lipinski definition) is 0. The SMILES string of the molecule is COC[C@@H]1CN(Cc2cccc(OC)c2OC)C[C@H]1c1ccncc1. The molecule has 1 aliphatic rings. The van der Waals surface area contributed by atoms with Gasteiger partial charge in [0.25, 0.3) is 0 Å². The Hall–Kier alpha value is -2.11. The fraction of sp³-hybridized carbons (Fsp3) is 0.450. The minimum atomic E-state index is 0.458. The molecule has 0 spiro atoms. The molecule has 1 aliphatic heterocycles. The van der Waals surface area contributed by atoms with E-state index in [1.54, 1.807) is 21.3 Å². The summed E-state index contributed by atoms with van der Waals surface area (Å²) in [6.07, 6.45) is 3.74. The molecule has 2 heterocycles. The van der Waals surface area contributed by atoms with Gasteiger partial charge in [-0.1, -0.05) is 12.1 Å². The Kier molecular flexibility index (Phi) is 5.89. The lowest BCUT2D eigenvalue weighted by Gasteiger charge is -2.19. The number of para-hydroxylation sites is 1. The van der Waals surface area contributed by atoms with Gasteiger partial charge in [-0.2, -0.15) is 0 Å². The highest BCUT2D eigenvalue weighted by atomic mass is 16.5. The van der Waals surface area contributed by atoms with E-state index in [1.807, 2.05) is 24.5 Å². The zero-order valence-electron chi connectivity index (χ0n) is 15.1. The maximum Gasteiger partial charge on any atom is 0.165 e. The maximum atomic E-state index is 5.58. The van der Waals surface area contributed by atoms with Crippen molar-refractivity contribution in [1.29, 1.82) is 0 Å². The molecule has 5 heteroatoms. The van der Waals surface area contributed by atoms with Crippen LogP contribution in [0, 0.1) is 5.92 Å². The molecule has 0 N–H and O–H groups in total. The van der Waals surface area contributed by atoms with E-state index >= 15 is 0 Å². The molecule has 0 amide bonds. The van der Waals surface area contributed by atoms with Crippen molar-refractivity contribution in [3.8, 4) is 11.5 Å². The van der Waals surface area contributed by atoms with Gasteiger partial charge in [0, 0.05) is 56.5 Å². The van der Waals surface area contributed by atoms with Crippen LogP contribution in [0.15, 0.2) is 42.7 Å². The van der Waals surface area contributed by atoms with E-state index in [9.17, 15) is 0 Å². The van der Waals surface area contributed by atoms with Crippen molar-refractivity contribution in [3.63, 3.8) is 0 Å². The molecule has 0 unspecified atom stereocenters. The van der Waals surface area contributed by atoms with Crippen LogP contribution in [-0.4, -0.2) is 50.9 Å². The smallest absolute Gasteiger partial charge is 0.165 e. The molecule has 1 aromatic heterocycles. The lowest BCUT2D eigenvalue weighted by atomic mass is 9.90. The zero-order valence-corrected chi connectivity index (χ0v) is 15.1. The van der Waals surface area contributed by atoms with Crippen molar-refractivity contribution in [2.75, 3.05) is 41.0 Å². The number of rotatable bonds is 7. The number of methoxy groups -OCH3 is 3. The first kappa shape index (κ1) is 17.7. The van der Waals surface area contributed by atoms with E-state index in [4.69, 9.17) is 14.2 Å². The van der Waals surface area contributed by atoms with E-state index < -0.39 is 0 Å². The first-order chi connectivity index (χ1) is 12.3. The van der Waals surface area contributed by atoms with Gasteiger partial charge in [-0.3, -0.25) is 9.88 Å². The highest BCUT2D eigenvalue weighted by molar-refractivity contribution is 5.46. The van der Waals surface area contributed by atoms with Crippen LogP contribution in [0.2, 0.25) is 0 Å². The second-order valence-electron chi connectivity index (χ2n) is 6.45. The van der Waals surface area contributed by atoms with Crippen LogP contribution < -0.4 is 9.47 Å². The first-order valence-electron chi connectivity index (χ1n) is 8.58. The fourth-order valence-electron chi connectivity index (χ4n) is 3.78. The van der Waals surface area contributed by atoms with Gasteiger partial charge in [0.05, 0.1) is 20.8 Å². The van der Waals surface area contributed by atoms with Gasteiger partial charge in [0.1, 0.15) is 0 Å². The molecule has 1 saturated heterocycles. The van der Waals surface area contributed by atoms with E-state index in [0.717, 1.165) is 43.3 Å². The van der Waals surface area contributed by atoms with Gasteiger partial charge in [-0.25, -0.2) is 0 Å². The Morgan fingerprint density at radius 1 is 1.04 bits per heavy atom. The third-order valence-corrected chi connectivity index (χ3v) is 4.91. The summed E-state index contributed by atoms with van der Waals surface area (Å²) < 4.78 is 16.5. The van der Waals surface area contributed by atoms with Crippen LogP contribution in [0.4, 0.5) is 0 Å². The van der Waals surface area contributed by atoms with Crippen molar-refractivity contribution < 1.29 is 14.2 Å². The van der Waals surface area contributed by atoms with E-state index in [2.05, 4.69) is 28.1 Å². The Balaban J connectivity index is 1.78. The van der Waals surface area contributed by atoms with Crippen LogP contribution in [0.3, 0.4) is 0 Å². The molecule has 1 fully saturated rings. The molecule has 25 heavy (non-hydrogen) atoms. The predicted molar refractivity (Wildman–Crippen MR) is 97.2 cm³/mol. The van der Waals surface area contributed by atoms with Crippen molar-refractivity contribution in [3.05, 3.63) is 53.9 Å². The molecule has 0 radical (unpaired) electrons. The highest BCUT2D eigenvalue weighted by Crippen LogP contribution is 2.36. The fourth-order valence-corrected chi connectivity index (χ4v) is 3.78. The predicted octanol–water partition coefficient (Wildman–Crippen LogP) is 2.96. The summed E-state index contributed by atoms with van der Waals surface area (Å²) in [6.45, 7) is 3.60. The lowest BCUT2D eigenvalue weighted by molar-refractivity contribution is 0.147. The van der Waals surface area contributed by atoms with E-state index in [1.165, 1.54) is 5.56 Å². The molecule has 5 nitrogen and oxygen atoms in total. The number of aromatic nitrogens is 1. The summed E-state index contributed by atoms with van der Waals surface area (Å²) >= 11 is 0. The molecule has 2 atom stereocenters. The van der Waals surface area contributed by atoms with Crippen molar-refractivity contribution in [2.45, 2.75) is 12.5 Å². The van der Waals surface area contributed by atoms with Gasteiger partial charge in [0.2, 0.25) is 0 Å². The summed E-state index contributed by atoms with van der Waals surface area (Å²) in [5.41, 5.74) is 2.48. The van der Waals surface area contributed by atoms with Crippen LogP contribution in [0.1, 0.15) is 17.0 Å². The van der Waals surface area contributed by atoms with Crippen molar-refractivity contribution >= 4 is 0 Å². The summed E-state index contributed by atoms with van der Waals surface area (Å²) in [4.78, 5) is 6.61. The third-order valence-electron chi connectivity index (χ3n) is 4.91. The van der Waals surface area contributed by atoms with Gasteiger partial charge in [-0.05, 0) is 23.8 Å². The summed E-state index contributed by atoms with van der Waals surface area (Å²) in [5.74, 6) is 2.53. The average Bonchev–Trinajstić information content (AvgIpc) is 3.05. The summed E-state index contributed by atoms with van der Waals surface area (Å²) in [7, 11) is 5.14. The largest absolute Gasteiger partial charge is 0.493 e. The summed E-state index contributed by atoms with van der Waals surface area (Å²) in [5, 5.41) is 0. The lowest BCUT2D eigenvalue weighted by Crippen LogP contribution is -2.21. The van der Waals surface area contributed by atoms with E-state index in [0.29, 0.717) is 11.8 Å². The molecule has 3 rings (SSSR count). The molecule has 1 aromatic carbocycles. The van der Waals surface area contributed by atoms with Crippen molar-refractivity contribution in [2.24, 2.45) is 5.92 Å². The molecular weight excluding hydrogens is 316 g/mol. The Labute approximate surface area is 149 Å². The number of nitrogens with zero attached hydrogens (tertiary/aromatic N) is 2. The normalized spacial score (nSPS) is 20.6. The number of hydrogen-bond acceptors (Lipinski definition) is 5. The monoisotopic (exact) mass is 342 g/mol. The Morgan fingerprint density at radius 3 is 2.52 bits per heavy atom. The van der Waals surface area contributed by atoms with Crippen LogP contribution in [0.5, 0.6) is 11.5 Å². The van der Waals surface area contributed by atoms with E-state index in [-0.39, 0.29) is 0 Å². The minimum Gasteiger partial charge on any atom is -0.493 e. The minimum absolute atomic E-state index is 0.458. The zero-order chi connectivity index (χ0) is 17.6. The standard InChI is InChI=1S/C20H26N2O3/c1-23-14-17-12-22(13-18(17)15-7-9-21-10-8-15)11-16-5-4-6-19(24-2)20(16)25-3/h4-10,17-18H,11-14H2,1-3H3/t17-,18-/m0/s1.